The predicted molar refractivity (Wildman–Crippen MR) is 123 cm³/mol. The third-order valence-electron chi connectivity index (χ3n) is 4.11. The summed E-state index contributed by atoms with van der Waals surface area (Å²) in [6.45, 7) is 1.79. The molecule has 0 unspecified atom stereocenters. The van der Waals surface area contributed by atoms with Gasteiger partial charge in [0.25, 0.3) is 0 Å². The Hall–Kier alpha value is -2.46. The average Bonchev–Trinajstić information content (AvgIpc) is 3.07. The summed E-state index contributed by atoms with van der Waals surface area (Å²) in [6, 6.07) is 11.7. The average molecular weight is 480 g/mol. The largest absolute Gasteiger partial charge is 0.338 e. The fraction of sp³-hybridized carbons (Fsp3) is 0.105. The van der Waals surface area contributed by atoms with E-state index in [1.165, 1.54) is 29.7 Å². The normalized spacial score (nSPS) is 11.6. The second-order valence-corrected chi connectivity index (χ2v) is 10.2. The van der Waals surface area contributed by atoms with Gasteiger partial charge in [-0.1, -0.05) is 40.6 Å². The van der Waals surface area contributed by atoms with E-state index in [1.807, 2.05) is 0 Å². The summed E-state index contributed by atoms with van der Waals surface area (Å²) in [5.74, 6) is 1.09. The monoisotopic (exact) mass is 479 g/mol. The molecule has 0 saturated carbocycles. The molecule has 2 aromatic heterocycles. The highest BCUT2D eigenvalue weighted by Gasteiger charge is 2.15. The van der Waals surface area contributed by atoms with Crippen LogP contribution in [0.25, 0.3) is 10.3 Å². The van der Waals surface area contributed by atoms with Gasteiger partial charge in [-0.3, -0.25) is 0 Å². The number of rotatable bonds is 5. The van der Waals surface area contributed by atoms with E-state index in [4.69, 9.17) is 23.2 Å². The number of fused-ring (bicyclic) bond motifs is 1. The van der Waals surface area contributed by atoms with Crippen molar-refractivity contribution in [1.29, 1.82) is 0 Å². The Bertz CT molecular complexity index is 1340. The van der Waals surface area contributed by atoms with Crippen molar-refractivity contribution in [3.63, 3.8) is 0 Å². The number of halogens is 2. The van der Waals surface area contributed by atoms with Gasteiger partial charge < -0.3 is 10.6 Å². The van der Waals surface area contributed by atoms with Crippen molar-refractivity contribution in [3.8, 4) is 0 Å². The van der Waals surface area contributed by atoms with Crippen molar-refractivity contribution in [1.82, 2.24) is 15.0 Å². The van der Waals surface area contributed by atoms with Gasteiger partial charge >= 0.3 is 0 Å². The first kappa shape index (κ1) is 20.8. The van der Waals surface area contributed by atoms with Crippen LogP contribution in [0, 0.1) is 6.92 Å². The maximum absolute atomic E-state index is 11.6. The Balaban J connectivity index is 1.69. The molecule has 4 rings (SSSR count). The summed E-state index contributed by atoms with van der Waals surface area (Å²) in [4.78, 5) is 14.4. The van der Waals surface area contributed by atoms with Gasteiger partial charge in [0.05, 0.1) is 20.6 Å². The third-order valence-corrected chi connectivity index (χ3v) is 6.73. The van der Waals surface area contributed by atoms with Gasteiger partial charge in [-0.25, -0.2) is 23.4 Å². The van der Waals surface area contributed by atoms with Crippen LogP contribution in [0.15, 0.2) is 47.4 Å². The molecule has 4 aromatic rings. The number of para-hydroxylation sites is 1. The molecular weight excluding hydrogens is 465 g/mol. The molecule has 2 N–H and O–H groups in total. The summed E-state index contributed by atoms with van der Waals surface area (Å²) in [5, 5.41) is 7.86. The number of nitrogens with zero attached hydrogens (tertiary/aromatic N) is 3. The van der Waals surface area contributed by atoms with Crippen LogP contribution in [0.1, 0.15) is 5.82 Å². The minimum Gasteiger partial charge on any atom is -0.338 e. The van der Waals surface area contributed by atoms with Crippen molar-refractivity contribution in [2.45, 2.75) is 11.8 Å². The van der Waals surface area contributed by atoms with Crippen LogP contribution >= 0.6 is 34.5 Å². The van der Waals surface area contributed by atoms with Gasteiger partial charge in [-0.15, -0.1) is 0 Å². The zero-order valence-electron chi connectivity index (χ0n) is 15.8. The number of aromatic nitrogens is 3. The standard InChI is InChI=1S/C19H15Cl2N5O2S2/c1-10-22-17(24-11-6-8-12(9-7-11)30(2,27)28)16-18(23-10)29-19(26-16)25-15-13(20)4-3-5-14(15)21/h3-9H,1-2H3,(H,25,26)(H,22,23,24). The van der Waals surface area contributed by atoms with Crippen molar-refractivity contribution in [2.75, 3.05) is 16.9 Å². The number of nitrogens with one attached hydrogen (secondary N) is 2. The van der Waals surface area contributed by atoms with Crippen LogP contribution in [0.2, 0.25) is 10.0 Å². The fourth-order valence-corrected chi connectivity index (χ4v) is 4.73. The third kappa shape index (κ3) is 4.34. The number of hydrogen-bond acceptors (Lipinski definition) is 8. The fourth-order valence-electron chi connectivity index (χ4n) is 2.72. The summed E-state index contributed by atoms with van der Waals surface area (Å²) >= 11 is 13.8. The molecular formula is C19H15Cl2N5O2S2. The molecule has 2 aromatic carbocycles. The van der Waals surface area contributed by atoms with Crippen molar-refractivity contribution >= 4 is 77.0 Å². The summed E-state index contributed by atoms with van der Waals surface area (Å²) in [7, 11) is -3.26. The highest BCUT2D eigenvalue weighted by molar-refractivity contribution is 7.90. The Morgan fingerprint density at radius 2 is 1.60 bits per heavy atom. The van der Waals surface area contributed by atoms with Gasteiger partial charge in [-0.05, 0) is 43.3 Å². The Labute approximate surface area is 187 Å². The Kier molecular flexibility index (Phi) is 5.54. The van der Waals surface area contributed by atoms with E-state index in [9.17, 15) is 8.42 Å². The smallest absolute Gasteiger partial charge is 0.190 e. The zero-order chi connectivity index (χ0) is 21.5. The first-order valence-corrected chi connectivity index (χ1v) is 12.1. The van der Waals surface area contributed by atoms with Gasteiger partial charge in [0.15, 0.2) is 25.6 Å². The minimum absolute atomic E-state index is 0.244. The molecule has 0 bridgehead atoms. The van der Waals surface area contributed by atoms with Crippen LogP contribution in [0.3, 0.4) is 0 Å². The molecule has 0 aliphatic heterocycles. The lowest BCUT2D eigenvalue weighted by Gasteiger charge is -2.08. The van der Waals surface area contributed by atoms with E-state index in [2.05, 4.69) is 25.6 Å². The van der Waals surface area contributed by atoms with Crippen LogP contribution in [0.4, 0.5) is 22.3 Å². The van der Waals surface area contributed by atoms with Crippen LogP contribution in [-0.2, 0) is 9.84 Å². The summed E-state index contributed by atoms with van der Waals surface area (Å²) in [6.07, 6.45) is 1.17. The molecule has 0 spiro atoms. The molecule has 0 amide bonds. The van der Waals surface area contributed by atoms with E-state index in [-0.39, 0.29) is 4.90 Å². The van der Waals surface area contributed by atoms with Crippen molar-refractivity contribution < 1.29 is 8.42 Å². The number of aryl methyl sites for hydroxylation is 1. The number of benzene rings is 2. The maximum atomic E-state index is 11.6. The Morgan fingerprint density at radius 3 is 2.23 bits per heavy atom. The molecule has 0 radical (unpaired) electrons. The molecule has 30 heavy (non-hydrogen) atoms. The maximum Gasteiger partial charge on any atom is 0.190 e. The SMILES string of the molecule is Cc1nc(Nc2ccc(S(C)(=O)=O)cc2)c2nc(Nc3c(Cl)cccc3Cl)sc2n1. The van der Waals surface area contributed by atoms with Crippen LogP contribution in [-0.4, -0.2) is 29.6 Å². The van der Waals surface area contributed by atoms with E-state index in [1.54, 1.807) is 37.3 Å². The molecule has 0 fully saturated rings. The van der Waals surface area contributed by atoms with Gasteiger partial charge in [-0.2, -0.15) is 0 Å². The van der Waals surface area contributed by atoms with Crippen LogP contribution < -0.4 is 10.6 Å². The summed E-state index contributed by atoms with van der Waals surface area (Å²) < 4.78 is 23.3. The molecule has 7 nitrogen and oxygen atoms in total. The van der Waals surface area contributed by atoms with Gasteiger partial charge in [0.2, 0.25) is 0 Å². The lowest BCUT2D eigenvalue weighted by molar-refractivity contribution is 0.602. The van der Waals surface area contributed by atoms with Gasteiger partial charge in [0.1, 0.15) is 11.3 Å². The zero-order valence-corrected chi connectivity index (χ0v) is 18.9. The van der Waals surface area contributed by atoms with E-state index < -0.39 is 9.84 Å². The van der Waals surface area contributed by atoms with E-state index in [0.29, 0.717) is 48.5 Å². The second kappa shape index (κ2) is 7.99. The molecule has 0 saturated heterocycles. The number of thiazole rings is 1. The quantitative estimate of drug-likeness (QED) is 0.384. The molecule has 2 heterocycles. The van der Waals surface area contributed by atoms with E-state index in [0.717, 1.165) is 0 Å². The molecule has 0 atom stereocenters. The number of hydrogen-bond donors (Lipinski definition) is 2. The van der Waals surface area contributed by atoms with Gasteiger partial charge in [0, 0.05) is 11.9 Å². The van der Waals surface area contributed by atoms with E-state index >= 15 is 0 Å². The second-order valence-electron chi connectivity index (χ2n) is 6.44. The molecule has 0 aliphatic rings. The molecule has 0 aliphatic carbocycles. The van der Waals surface area contributed by atoms with Crippen molar-refractivity contribution in [2.24, 2.45) is 0 Å². The summed E-state index contributed by atoms with van der Waals surface area (Å²) in [5.41, 5.74) is 1.82. The topological polar surface area (TPSA) is 96.9 Å². The number of sulfone groups is 1. The first-order chi connectivity index (χ1) is 14.2. The highest BCUT2D eigenvalue weighted by atomic mass is 35.5. The molecule has 154 valence electrons. The lowest BCUT2D eigenvalue weighted by Crippen LogP contribution is -2.00. The molecule has 11 heteroatoms. The Morgan fingerprint density at radius 1 is 0.933 bits per heavy atom. The highest BCUT2D eigenvalue weighted by Crippen LogP contribution is 2.36. The lowest BCUT2D eigenvalue weighted by atomic mass is 10.3. The predicted octanol–water partition coefficient (Wildman–Crippen LogP) is 5.59. The minimum atomic E-state index is -3.26. The first-order valence-electron chi connectivity index (χ1n) is 8.64. The van der Waals surface area contributed by atoms with Crippen molar-refractivity contribution in [3.05, 3.63) is 58.3 Å². The van der Waals surface area contributed by atoms with Crippen LogP contribution in [0.5, 0.6) is 0 Å². The number of anilines is 4.